The van der Waals surface area contributed by atoms with Crippen LogP contribution in [0.15, 0.2) is 42.5 Å². The lowest BCUT2D eigenvalue weighted by Crippen LogP contribution is -2.32. The molecular formula is C16H16ClFN2O2. The Kier molecular flexibility index (Phi) is 5.35. The van der Waals surface area contributed by atoms with Crippen LogP contribution in [0.2, 0.25) is 5.02 Å². The second kappa shape index (κ2) is 7.24. The lowest BCUT2D eigenvalue weighted by Gasteiger charge is -2.13. The lowest BCUT2D eigenvalue weighted by molar-refractivity contribution is 0.174. The number of aliphatic hydroxyl groups excluding tert-OH is 1. The molecule has 2 amide bonds. The van der Waals surface area contributed by atoms with E-state index >= 15 is 0 Å². The van der Waals surface area contributed by atoms with E-state index in [1.54, 1.807) is 6.07 Å². The monoisotopic (exact) mass is 322 g/mol. The van der Waals surface area contributed by atoms with Gasteiger partial charge in [0.25, 0.3) is 0 Å². The van der Waals surface area contributed by atoms with Crippen molar-refractivity contribution in [1.82, 2.24) is 5.32 Å². The number of hydrogen-bond acceptors (Lipinski definition) is 2. The first-order valence-electron chi connectivity index (χ1n) is 6.70. The Morgan fingerprint density at radius 1 is 1.32 bits per heavy atom. The van der Waals surface area contributed by atoms with Gasteiger partial charge in [-0.25, -0.2) is 9.18 Å². The zero-order valence-corrected chi connectivity index (χ0v) is 12.7. The standard InChI is InChI=1S/C16H16ClFN2O2/c1-10-3-2-4-12(7-10)20-16(22)19-9-15(21)11-5-6-13(17)14(18)8-11/h2-8,15,21H,9H2,1H3,(H2,19,20,22). The molecule has 4 nitrogen and oxygen atoms in total. The molecule has 0 aliphatic rings. The van der Waals surface area contributed by atoms with Crippen molar-refractivity contribution in [2.24, 2.45) is 0 Å². The molecule has 2 aromatic carbocycles. The summed E-state index contributed by atoms with van der Waals surface area (Å²) < 4.78 is 13.3. The highest BCUT2D eigenvalue weighted by Crippen LogP contribution is 2.20. The van der Waals surface area contributed by atoms with Gasteiger partial charge in [0.05, 0.1) is 11.1 Å². The normalized spacial score (nSPS) is 11.8. The zero-order valence-electron chi connectivity index (χ0n) is 11.9. The highest BCUT2D eigenvalue weighted by Gasteiger charge is 2.11. The molecule has 0 aliphatic heterocycles. The maximum Gasteiger partial charge on any atom is 0.319 e. The Balaban J connectivity index is 1.88. The summed E-state index contributed by atoms with van der Waals surface area (Å²) in [5.41, 5.74) is 2.02. The summed E-state index contributed by atoms with van der Waals surface area (Å²) in [7, 11) is 0. The second-order valence-electron chi connectivity index (χ2n) is 4.89. The Hall–Kier alpha value is -2.11. The molecule has 1 atom stereocenters. The summed E-state index contributed by atoms with van der Waals surface area (Å²) in [4.78, 5) is 11.8. The van der Waals surface area contributed by atoms with Crippen LogP contribution in [-0.2, 0) is 0 Å². The van der Waals surface area contributed by atoms with Gasteiger partial charge in [-0.15, -0.1) is 0 Å². The molecule has 0 saturated heterocycles. The van der Waals surface area contributed by atoms with Gasteiger partial charge in [0.15, 0.2) is 0 Å². The minimum absolute atomic E-state index is 0.0129. The molecule has 0 fully saturated rings. The number of anilines is 1. The summed E-state index contributed by atoms with van der Waals surface area (Å²) in [5.74, 6) is -0.609. The number of rotatable bonds is 4. The molecule has 6 heteroatoms. The number of carbonyl (C=O) groups is 1. The Bertz CT molecular complexity index is 679. The highest BCUT2D eigenvalue weighted by atomic mass is 35.5. The number of aliphatic hydroxyl groups is 1. The van der Waals surface area contributed by atoms with Gasteiger partial charge < -0.3 is 15.7 Å². The van der Waals surface area contributed by atoms with Crippen LogP contribution in [0.3, 0.4) is 0 Å². The van der Waals surface area contributed by atoms with E-state index in [1.165, 1.54) is 12.1 Å². The van der Waals surface area contributed by atoms with E-state index in [0.29, 0.717) is 11.3 Å². The molecule has 0 heterocycles. The van der Waals surface area contributed by atoms with Crippen molar-refractivity contribution in [1.29, 1.82) is 0 Å². The minimum atomic E-state index is -1.02. The summed E-state index contributed by atoms with van der Waals surface area (Å²) in [5, 5.41) is 15.1. The largest absolute Gasteiger partial charge is 0.387 e. The van der Waals surface area contributed by atoms with Gasteiger partial charge in [-0.1, -0.05) is 29.8 Å². The van der Waals surface area contributed by atoms with Gasteiger partial charge >= 0.3 is 6.03 Å². The predicted molar refractivity (Wildman–Crippen MR) is 84.6 cm³/mol. The molecule has 0 saturated carbocycles. The predicted octanol–water partition coefficient (Wildman–Crippen LogP) is 3.64. The molecule has 3 N–H and O–H groups in total. The molecule has 0 spiro atoms. The van der Waals surface area contributed by atoms with Crippen LogP contribution in [0.5, 0.6) is 0 Å². The van der Waals surface area contributed by atoms with Crippen molar-refractivity contribution in [2.45, 2.75) is 13.0 Å². The smallest absolute Gasteiger partial charge is 0.319 e. The fourth-order valence-electron chi connectivity index (χ4n) is 1.92. The number of benzene rings is 2. The first kappa shape index (κ1) is 16.3. The van der Waals surface area contributed by atoms with Crippen molar-refractivity contribution in [3.63, 3.8) is 0 Å². The summed E-state index contributed by atoms with van der Waals surface area (Å²) in [6, 6.07) is 10.9. The molecule has 0 aromatic heterocycles. The van der Waals surface area contributed by atoms with E-state index in [9.17, 15) is 14.3 Å². The van der Waals surface area contributed by atoms with Gasteiger partial charge in [-0.2, -0.15) is 0 Å². The average molecular weight is 323 g/mol. The third kappa shape index (κ3) is 4.44. The Morgan fingerprint density at radius 3 is 2.77 bits per heavy atom. The van der Waals surface area contributed by atoms with E-state index in [1.807, 2.05) is 25.1 Å². The maximum atomic E-state index is 13.3. The van der Waals surface area contributed by atoms with Crippen molar-refractivity contribution in [2.75, 3.05) is 11.9 Å². The average Bonchev–Trinajstić information content (AvgIpc) is 2.47. The van der Waals surface area contributed by atoms with Gasteiger partial charge in [-0.3, -0.25) is 0 Å². The molecule has 0 aliphatic carbocycles. The minimum Gasteiger partial charge on any atom is -0.387 e. The van der Waals surface area contributed by atoms with Crippen molar-refractivity contribution in [3.05, 3.63) is 64.4 Å². The van der Waals surface area contributed by atoms with Crippen LogP contribution in [0, 0.1) is 12.7 Å². The first-order valence-corrected chi connectivity index (χ1v) is 7.08. The molecule has 0 radical (unpaired) electrons. The SMILES string of the molecule is Cc1cccc(NC(=O)NCC(O)c2ccc(Cl)c(F)c2)c1. The number of amides is 2. The number of halogens is 2. The second-order valence-corrected chi connectivity index (χ2v) is 5.30. The number of aryl methyl sites for hydroxylation is 1. The quantitative estimate of drug-likeness (QED) is 0.804. The fourth-order valence-corrected chi connectivity index (χ4v) is 2.04. The van der Waals surface area contributed by atoms with E-state index in [-0.39, 0.29) is 11.6 Å². The topological polar surface area (TPSA) is 61.4 Å². The molecule has 2 aromatic rings. The van der Waals surface area contributed by atoms with Crippen molar-refractivity contribution in [3.8, 4) is 0 Å². The Labute approximate surface area is 132 Å². The van der Waals surface area contributed by atoms with E-state index < -0.39 is 18.0 Å². The molecule has 116 valence electrons. The maximum absolute atomic E-state index is 13.3. The van der Waals surface area contributed by atoms with Crippen molar-refractivity contribution >= 4 is 23.3 Å². The summed E-state index contributed by atoms with van der Waals surface area (Å²) in [6.07, 6.45) is -1.02. The number of hydrogen-bond donors (Lipinski definition) is 3. The molecule has 2 rings (SSSR count). The van der Waals surface area contributed by atoms with Crippen LogP contribution in [-0.4, -0.2) is 17.7 Å². The van der Waals surface area contributed by atoms with Gasteiger partial charge in [0, 0.05) is 12.2 Å². The van der Waals surface area contributed by atoms with E-state index in [0.717, 1.165) is 11.6 Å². The van der Waals surface area contributed by atoms with Gasteiger partial charge in [-0.05, 0) is 42.3 Å². The number of urea groups is 1. The molecule has 22 heavy (non-hydrogen) atoms. The molecule has 0 bridgehead atoms. The van der Waals surface area contributed by atoms with E-state index in [2.05, 4.69) is 10.6 Å². The van der Waals surface area contributed by atoms with E-state index in [4.69, 9.17) is 11.6 Å². The number of carbonyl (C=O) groups excluding carboxylic acids is 1. The lowest BCUT2D eigenvalue weighted by atomic mass is 10.1. The highest BCUT2D eigenvalue weighted by molar-refractivity contribution is 6.30. The third-order valence-corrected chi connectivity index (χ3v) is 3.37. The number of nitrogens with one attached hydrogen (secondary N) is 2. The van der Waals surface area contributed by atoms with Crippen LogP contribution in [0.25, 0.3) is 0 Å². The van der Waals surface area contributed by atoms with Crippen molar-refractivity contribution < 1.29 is 14.3 Å². The third-order valence-electron chi connectivity index (χ3n) is 3.06. The Morgan fingerprint density at radius 2 is 2.09 bits per heavy atom. The van der Waals surface area contributed by atoms with Gasteiger partial charge in [0.2, 0.25) is 0 Å². The molecule has 1 unspecified atom stereocenters. The van der Waals surface area contributed by atoms with Gasteiger partial charge in [0.1, 0.15) is 5.82 Å². The van der Waals surface area contributed by atoms with Crippen LogP contribution in [0.4, 0.5) is 14.9 Å². The fraction of sp³-hybridized carbons (Fsp3) is 0.188. The van der Waals surface area contributed by atoms with Crippen LogP contribution < -0.4 is 10.6 Å². The van der Waals surface area contributed by atoms with Crippen LogP contribution in [0.1, 0.15) is 17.2 Å². The van der Waals surface area contributed by atoms with Crippen LogP contribution >= 0.6 is 11.6 Å². The first-order chi connectivity index (χ1) is 10.5. The summed E-state index contributed by atoms with van der Waals surface area (Å²) in [6.45, 7) is 1.88. The zero-order chi connectivity index (χ0) is 16.1. The molecular weight excluding hydrogens is 307 g/mol. The summed E-state index contributed by atoms with van der Waals surface area (Å²) >= 11 is 5.58.